The van der Waals surface area contributed by atoms with Crippen molar-refractivity contribution in [3.8, 4) is 0 Å². The maximum atomic E-state index is 11.2. The molecule has 2 heterocycles. The summed E-state index contributed by atoms with van der Waals surface area (Å²) in [5.41, 5.74) is 0. The molecule has 1 unspecified atom stereocenters. The predicted molar refractivity (Wildman–Crippen MR) is 55.0 cm³/mol. The smallest absolute Gasteiger partial charge is 0.211 e. The second-order valence-corrected chi connectivity index (χ2v) is 6.24. The Bertz CT molecular complexity index is 413. The molecule has 0 amide bonds. The van der Waals surface area contributed by atoms with Crippen LogP contribution in [0, 0.1) is 3.83 Å². The average molecular weight is 313 g/mol. The fourth-order valence-electron chi connectivity index (χ4n) is 1.41. The zero-order valence-corrected chi connectivity index (χ0v) is 9.69. The monoisotopic (exact) mass is 313 g/mol. The fourth-order valence-corrected chi connectivity index (χ4v) is 3.49. The van der Waals surface area contributed by atoms with Crippen molar-refractivity contribution in [3.63, 3.8) is 0 Å². The molecule has 0 bridgehead atoms. The molecule has 1 saturated heterocycles. The first-order valence-electron chi connectivity index (χ1n) is 3.84. The standard InChI is InChI=1S/C6H8IN3O2S/c7-6-8-4-10(9-6)5-1-2-13(11,12)3-5/h4-5H,1-3H2. The number of hydrogen-bond donors (Lipinski definition) is 0. The molecule has 1 atom stereocenters. The van der Waals surface area contributed by atoms with Gasteiger partial charge in [0.25, 0.3) is 0 Å². The molecule has 0 spiro atoms. The van der Waals surface area contributed by atoms with Gasteiger partial charge in [-0.2, -0.15) is 0 Å². The Labute approximate surface area is 89.6 Å². The minimum Gasteiger partial charge on any atom is -0.248 e. The van der Waals surface area contributed by atoms with E-state index in [1.54, 1.807) is 11.0 Å². The molecule has 0 aliphatic carbocycles. The van der Waals surface area contributed by atoms with Gasteiger partial charge in [0.2, 0.25) is 3.83 Å². The Kier molecular flexibility index (Phi) is 2.30. The van der Waals surface area contributed by atoms with Crippen molar-refractivity contribution < 1.29 is 8.42 Å². The maximum Gasteiger partial charge on any atom is 0.211 e. The highest BCUT2D eigenvalue weighted by Gasteiger charge is 2.29. The molecule has 13 heavy (non-hydrogen) atoms. The van der Waals surface area contributed by atoms with Gasteiger partial charge < -0.3 is 0 Å². The number of rotatable bonds is 1. The highest BCUT2D eigenvalue weighted by molar-refractivity contribution is 14.1. The highest BCUT2D eigenvalue weighted by atomic mass is 127. The Morgan fingerprint density at radius 3 is 2.85 bits per heavy atom. The van der Waals surface area contributed by atoms with Gasteiger partial charge in [-0.1, -0.05) is 0 Å². The Balaban J connectivity index is 2.21. The van der Waals surface area contributed by atoms with Crippen molar-refractivity contribution >= 4 is 32.4 Å². The number of hydrogen-bond acceptors (Lipinski definition) is 4. The van der Waals surface area contributed by atoms with Crippen molar-refractivity contribution in [1.29, 1.82) is 0 Å². The van der Waals surface area contributed by atoms with Crippen LogP contribution in [-0.4, -0.2) is 34.7 Å². The molecule has 72 valence electrons. The van der Waals surface area contributed by atoms with E-state index in [1.807, 2.05) is 22.6 Å². The van der Waals surface area contributed by atoms with E-state index in [2.05, 4.69) is 10.1 Å². The lowest BCUT2D eigenvalue weighted by atomic mass is 10.3. The fraction of sp³-hybridized carbons (Fsp3) is 0.667. The third kappa shape index (κ3) is 2.01. The van der Waals surface area contributed by atoms with E-state index < -0.39 is 9.84 Å². The summed E-state index contributed by atoms with van der Waals surface area (Å²) >= 11 is 2.00. The van der Waals surface area contributed by atoms with E-state index in [0.717, 1.165) is 0 Å². The summed E-state index contributed by atoms with van der Waals surface area (Å²) in [4.78, 5) is 3.95. The Morgan fingerprint density at radius 1 is 1.62 bits per heavy atom. The first-order chi connectivity index (χ1) is 6.07. The molecule has 1 fully saturated rings. The van der Waals surface area contributed by atoms with Gasteiger partial charge in [0.15, 0.2) is 9.84 Å². The van der Waals surface area contributed by atoms with Gasteiger partial charge in [0.1, 0.15) is 6.33 Å². The number of sulfone groups is 1. The summed E-state index contributed by atoms with van der Waals surface area (Å²) < 4.78 is 24.6. The van der Waals surface area contributed by atoms with E-state index in [0.29, 0.717) is 10.3 Å². The molecule has 0 saturated carbocycles. The van der Waals surface area contributed by atoms with E-state index in [4.69, 9.17) is 0 Å². The number of aromatic nitrogens is 3. The third-order valence-electron chi connectivity index (χ3n) is 2.06. The molecule has 2 rings (SSSR count). The van der Waals surface area contributed by atoms with Crippen LogP contribution in [0.3, 0.4) is 0 Å². The molecule has 1 aliphatic heterocycles. The first kappa shape index (κ1) is 9.38. The molecule has 1 aromatic rings. The van der Waals surface area contributed by atoms with Crippen LogP contribution in [0.25, 0.3) is 0 Å². The zero-order chi connectivity index (χ0) is 9.47. The van der Waals surface area contributed by atoms with Gasteiger partial charge in [-0.3, -0.25) is 0 Å². The lowest BCUT2D eigenvalue weighted by molar-refractivity contribution is 0.496. The van der Waals surface area contributed by atoms with Gasteiger partial charge in [-0.15, -0.1) is 5.10 Å². The summed E-state index contributed by atoms with van der Waals surface area (Å²) in [5.74, 6) is 0.473. The quantitative estimate of drug-likeness (QED) is 0.697. The van der Waals surface area contributed by atoms with Crippen molar-refractivity contribution in [2.75, 3.05) is 11.5 Å². The van der Waals surface area contributed by atoms with Crippen molar-refractivity contribution in [3.05, 3.63) is 10.2 Å². The van der Waals surface area contributed by atoms with Gasteiger partial charge >= 0.3 is 0 Å². The van der Waals surface area contributed by atoms with Crippen LogP contribution in [0.1, 0.15) is 12.5 Å². The summed E-state index contributed by atoms with van der Waals surface area (Å²) in [6, 6.07) is -0.0129. The van der Waals surface area contributed by atoms with Crippen LogP contribution in [0.15, 0.2) is 6.33 Å². The minimum atomic E-state index is -2.83. The number of nitrogens with zero attached hydrogens (tertiary/aromatic N) is 3. The van der Waals surface area contributed by atoms with E-state index >= 15 is 0 Å². The first-order valence-corrected chi connectivity index (χ1v) is 6.74. The molecule has 0 radical (unpaired) electrons. The van der Waals surface area contributed by atoms with Gasteiger partial charge in [0, 0.05) is 22.6 Å². The minimum absolute atomic E-state index is 0.0129. The SMILES string of the molecule is O=S1(=O)CCC(n2cnc(I)n2)C1. The van der Waals surface area contributed by atoms with Crippen molar-refractivity contribution in [2.45, 2.75) is 12.5 Å². The average Bonchev–Trinajstić information content (AvgIpc) is 2.56. The summed E-state index contributed by atoms with van der Waals surface area (Å²) in [7, 11) is -2.83. The van der Waals surface area contributed by atoms with Crippen LogP contribution < -0.4 is 0 Å². The summed E-state index contributed by atoms with van der Waals surface area (Å²) in [6.45, 7) is 0. The Morgan fingerprint density at radius 2 is 2.38 bits per heavy atom. The molecule has 1 aromatic heterocycles. The van der Waals surface area contributed by atoms with E-state index in [1.165, 1.54) is 0 Å². The van der Waals surface area contributed by atoms with Gasteiger partial charge in [-0.25, -0.2) is 18.1 Å². The summed E-state index contributed by atoms with van der Waals surface area (Å²) in [5, 5.41) is 4.09. The molecule has 5 nitrogen and oxygen atoms in total. The van der Waals surface area contributed by atoms with Crippen molar-refractivity contribution in [1.82, 2.24) is 14.8 Å². The largest absolute Gasteiger partial charge is 0.248 e. The van der Waals surface area contributed by atoms with Crippen LogP contribution in [0.5, 0.6) is 0 Å². The lowest BCUT2D eigenvalue weighted by Gasteiger charge is -2.05. The predicted octanol–water partition coefficient (Wildman–Crippen LogP) is 0.242. The summed E-state index contributed by atoms with van der Waals surface area (Å²) in [6.07, 6.45) is 2.25. The molecule has 0 N–H and O–H groups in total. The molecular formula is C6H8IN3O2S. The normalized spacial score (nSPS) is 26.4. The highest BCUT2D eigenvalue weighted by Crippen LogP contribution is 2.22. The Hall–Kier alpha value is -0.180. The van der Waals surface area contributed by atoms with E-state index in [-0.39, 0.29) is 17.5 Å². The zero-order valence-electron chi connectivity index (χ0n) is 6.72. The van der Waals surface area contributed by atoms with Crippen LogP contribution in [0.2, 0.25) is 0 Å². The molecule has 7 heteroatoms. The molecule has 0 aromatic carbocycles. The third-order valence-corrected chi connectivity index (χ3v) is 4.31. The molecular weight excluding hydrogens is 305 g/mol. The van der Waals surface area contributed by atoms with Crippen molar-refractivity contribution in [2.24, 2.45) is 0 Å². The second kappa shape index (κ2) is 3.19. The lowest BCUT2D eigenvalue weighted by Crippen LogP contribution is -2.11. The van der Waals surface area contributed by atoms with Gasteiger partial charge in [-0.05, 0) is 6.42 Å². The van der Waals surface area contributed by atoms with Gasteiger partial charge in [0.05, 0.1) is 17.5 Å². The maximum absolute atomic E-state index is 11.2. The topological polar surface area (TPSA) is 64.8 Å². The van der Waals surface area contributed by atoms with Crippen LogP contribution >= 0.6 is 22.6 Å². The van der Waals surface area contributed by atoms with E-state index in [9.17, 15) is 8.42 Å². The molecule has 1 aliphatic rings. The number of halogens is 1. The van der Waals surface area contributed by atoms with Crippen LogP contribution in [0.4, 0.5) is 0 Å². The second-order valence-electron chi connectivity index (χ2n) is 3.05. The van der Waals surface area contributed by atoms with Crippen LogP contribution in [-0.2, 0) is 9.84 Å².